The molecule has 0 unspecified atom stereocenters. The zero-order chi connectivity index (χ0) is 105. The van der Waals surface area contributed by atoms with Crippen LogP contribution in [0.15, 0.2) is 146 Å². The van der Waals surface area contributed by atoms with Crippen LogP contribution in [0.1, 0.15) is 153 Å². The van der Waals surface area contributed by atoms with Gasteiger partial charge in [-0.2, -0.15) is 0 Å². The number of carbonyl (C=O) groups is 11. The zero-order valence-corrected chi connectivity index (χ0v) is 85.4. The van der Waals surface area contributed by atoms with E-state index >= 15 is 17.6 Å². The summed E-state index contributed by atoms with van der Waals surface area (Å²) in [5.74, 6) is -6.20. The Balaban J connectivity index is 0.000000162. The molecule has 12 aliphatic heterocycles. The number of alkyl halides is 4. The molecule has 4 aromatic carbocycles. The Labute approximate surface area is 848 Å². The first-order valence-electron chi connectivity index (χ1n) is 45.7. The third-order valence-electron chi connectivity index (χ3n) is 24.1. The van der Waals surface area contributed by atoms with Crippen LogP contribution in [0.2, 0.25) is 20.1 Å². The molecule has 25 atom stereocenters. The second-order valence-electron chi connectivity index (χ2n) is 34.9. The Hall–Kier alpha value is -8.35. The third kappa shape index (κ3) is 28.1. The van der Waals surface area contributed by atoms with Gasteiger partial charge in [0.15, 0.2) is 89.0 Å². The van der Waals surface area contributed by atoms with Crippen molar-refractivity contribution in [3.05, 3.63) is 189 Å². The summed E-state index contributed by atoms with van der Waals surface area (Å²) in [6.07, 6.45) is -11.6. The van der Waals surface area contributed by atoms with Gasteiger partial charge in [-0.15, -0.1) is 0 Å². The van der Waals surface area contributed by atoms with Crippen LogP contribution in [-0.4, -0.2) is 260 Å². The Bertz CT molecular complexity index is 5800. The first-order valence-corrected chi connectivity index (χ1v) is 53.0. The molecular formula is C91H106Cl4F4N6O36P4. The minimum Gasteiger partial charge on any atom is -0.455 e. The molecule has 12 heterocycles. The molecule has 4 amide bonds. The summed E-state index contributed by atoms with van der Waals surface area (Å²) in [6.45, 7) is 7.17. The summed E-state index contributed by atoms with van der Waals surface area (Å²) in [4.78, 5) is 136. The van der Waals surface area contributed by atoms with Crippen molar-refractivity contribution in [3.8, 4) is 0 Å². The smallest absolute Gasteiger partial charge is 0.455 e. The molecule has 12 aliphatic rings. The summed E-state index contributed by atoms with van der Waals surface area (Å²) < 4.78 is 232. The predicted octanol–water partition coefficient (Wildman–Crippen LogP) is 14.3. The summed E-state index contributed by atoms with van der Waals surface area (Å²) in [5, 5.41) is 1.92. The van der Waals surface area contributed by atoms with Gasteiger partial charge < -0.3 is 54.1 Å². The maximum absolute atomic E-state index is 16.2. The molecule has 42 nitrogen and oxygen atoms in total. The lowest BCUT2D eigenvalue weighted by atomic mass is 9.96. The number of hydrogen-bond donors (Lipinski definition) is 2. The van der Waals surface area contributed by atoms with Gasteiger partial charge in [0, 0.05) is 77.2 Å². The molecule has 0 spiro atoms. The van der Waals surface area contributed by atoms with Crippen molar-refractivity contribution in [3.63, 3.8) is 0 Å². The number of carbonyl (C=O) groups excluding carboxylic acids is 11. The molecule has 792 valence electrons. The lowest BCUT2D eigenvalue weighted by Crippen LogP contribution is -2.53. The molecule has 0 saturated carbocycles. The second-order valence-corrected chi connectivity index (χ2v) is 43.1. The van der Waals surface area contributed by atoms with Gasteiger partial charge in [0.25, 0.3) is 0 Å². The number of phosphoric ester groups is 4. The van der Waals surface area contributed by atoms with Gasteiger partial charge in [-0.25, -0.2) is 40.6 Å². The maximum atomic E-state index is 16.2. The van der Waals surface area contributed by atoms with Crippen LogP contribution in [0.5, 0.6) is 0 Å². The molecule has 54 heteroatoms. The summed E-state index contributed by atoms with van der Waals surface area (Å²) >= 11 is 24.2. The average molecular weight is 2200 g/mol. The van der Waals surface area contributed by atoms with Crippen molar-refractivity contribution in [1.29, 1.82) is 0 Å². The molecule has 0 aromatic heterocycles. The van der Waals surface area contributed by atoms with Gasteiger partial charge in [-0.05, 0) is 143 Å². The Morgan fingerprint density at radius 2 is 0.683 bits per heavy atom. The Morgan fingerprint density at radius 3 is 0.938 bits per heavy atom. The van der Waals surface area contributed by atoms with Crippen LogP contribution in [0.3, 0.4) is 0 Å². The normalized spacial score (nSPS) is 34.8. The highest BCUT2D eigenvalue weighted by Crippen LogP contribution is 2.62. The van der Waals surface area contributed by atoms with Gasteiger partial charge in [0.05, 0.1) is 116 Å². The van der Waals surface area contributed by atoms with E-state index in [0.717, 1.165) is 82.8 Å². The molecular weight excluding hydrogens is 2090 g/mol. The number of esters is 2. The van der Waals surface area contributed by atoms with Gasteiger partial charge in [0.2, 0.25) is 23.6 Å². The fourth-order valence-corrected chi connectivity index (χ4v) is 23.3. The fourth-order valence-electron chi connectivity index (χ4n) is 16.9. The SMILES string of the molecule is CCOC(=O)O[C@@H]1[C@@H](CO[P@@]2(=O)OCC[C@@H](c3cccc(Cl)c3)O2)O[C@@H](N2C=CC(=O)CC2=O)[C@]1(C)F.CCO[C@@H]1[C@@H](CO[P@@]2(=O)OCC[C@@H](c3cccc(Cl)c3)O2)O[C@@H](N2C=CC(=O)CC2=O)[C@]1(C)F.CC[C@H](N)C(=O)O[C@@H]1[C@@H](CO[P@@]2(=O)OCC[C@@H](c3cccc(Cl)c3)O2)O[C@@H](N2C=CC(=O)CC2=O)[C@]1(C)F.C[C@@]1(F)[C@H](OC(=O)CN)[C@@H](CO[P@@]2(=O)OCC[C@@H](c3cccc(Cl)c3)O2)O[C@H]1N1C=CC(=O)CC1=O. The van der Waals surface area contributed by atoms with Crippen LogP contribution in [-0.2, 0) is 163 Å². The number of hydrogen-bond acceptors (Lipinski definition) is 38. The lowest BCUT2D eigenvalue weighted by Gasteiger charge is -2.34. The molecule has 0 radical (unpaired) electrons. The molecule has 8 saturated heterocycles. The van der Waals surface area contributed by atoms with Crippen molar-refractivity contribution in [1.82, 2.24) is 19.6 Å². The largest absolute Gasteiger partial charge is 0.508 e. The maximum Gasteiger partial charge on any atom is 0.508 e. The number of benzene rings is 4. The molecule has 8 fully saturated rings. The fraction of sp³-hybridized carbons (Fsp3) is 0.527. The molecule has 0 aliphatic carbocycles. The number of phosphoric acid groups is 4. The monoisotopic (exact) mass is 2200 g/mol. The van der Waals surface area contributed by atoms with E-state index in [0.29, 0.717) is 62.5 Å². The summed E-state index contributed by atoms with van der Waals surface area (Å²) in [5.41, 5.74) is 4.31. The quantitative estimate of drug-likeness (QED) is 0.0168. The first-order chi connectivity index (χ1) is 68.6. The van der Waals surface area contributed by atoms with Crippen LogP contribution in [0.4, 0.5) is 22.4 Å². The third-order valence-corrected chi connectivity index (χ3v) is 31.0. The van der Waals surface area contributed by atoms with E-state index in [1.54, 1.807) is 118 Å². The predicted molar refractivity (Wildman–Crippen MR) is 497 cm³/mol. The van der Waals surface area contributed by atoms with Gasteiger partial charge in [-0.3, -0.25) is 122 Å². The highest BCUT2D eigenvalue weighted by atomic mass is 35.5. The Kier molecular flexibility index (Phi) is 38.2. The highest BCUT2D eigenvalue weighted by Gasteiger charge is 2.65. The highest BCUT2D eigenvalue weighted by molar-refractivity contribution is 7.49. The molecule has 16 rings (SSSR count). The number of ether oxygens (including phenoxy) is 9. The first kappa shape index (κ1) is 114. The minimum atomic E-state index is -4.15. The van der Waals surface area contributed by atoms with Crippen LogP contribution in [0.25, 0.3) is 0 Å². The second kappa shape index (κ2) is 48.7. The van der Waals surface area contributed by atoms with E-state index in [1.165, 1.54) is 19.2 Å². The standard InChI is InChI=1S/C24H29ClFN2O9P.C23H26ClFNO10P.C22H25ClFN2O9P.C22H26ClFNO8P/c1-3-17(27)22(31)36-21-19(35-23(24(21,2)26)28-9-7-16(29)12-20(28)30)13-34-38(32)33-10-8-18(37-38)14-5-4-6-15(25)11-14;1-3-31-22(29)35-20-18(34-21(23(20,2)25)26-9-7-16(27)12-19(26)28)13-33-37(30)32-10-8-17(36-37)14-5-4-6-15(24)11-14;1-22(24)20(34-19(29)11-25)17(33-21(22)26-7-5-15(27)10-18(26)28)12-32-36(30)31-8-6-16(35-36)13-3-2-4-14(23)9-13;1-3-29-20-18(32-21(22(20,2)24)25-9-7-16(26)12-19(25)27)13-31-34(28)30-10-8-17(33-34)14-5-4-6-15(23)11-14/h4-7,9,11,17-19,21,23H,3,8,10,12-13,27H2,1-2H3;4-7,9,11,17-18,20-21H,3,8,10,12-13H2,1-2H3;2-5,7,9,16-17,20-21H,6,8,10-12,25H2,1H3;4-7,9,11,17-18,20-21H,3,8,10,12-13H2,1-2H3/t17-,18-,19+,21+,23+,24+,38+;17-,18+,20+,21+,23+,37+;16-,17+,20+,21+,22+,36+;17-,18+,20+,21+,22+,34+/m0000/s1. The van der Waals surface area contributed by atoms with Gasteiger partial charge in [0.1, 0.15) is 36.6 Å². The zero-order valence-electron chi connectivity index (χ0n) is 78.8. The molecule has 145 heavy (non-hydrogen) atoms. The Morgan fingerprint density at radius 1 is 0.414 bits per heavy atom. The average Bonchev–Trinajstić information content (AvgIpc) is 1.66. The van der Waals surface area contributed by atoms with E-state index in [4.69, 9.17) is 155 Å². The number of amides is 4. The topological polar surface area (TPSA) is 515 Å². The van der Waals surface area contributed by atoms with E-state index < -0.39 is 263 Å². The molecule has 4 N–H and O–H groups in total. The van der Waals surface area contributed by atoms with Crippen molar-refractivity contribution in [2.75, 3.05) is 72.6 Å². The van der Waals surface area contributed by atoms with E-state index in [-0.39, 0.29) is 64.9 Å². The number of halogens is 8. The summed E-state index contributed by atoms with van der Waals surface area (Å²) in [6, 6.07) is 26.4. The van der Waals surface area contributed by atoms with Crippen LogP contribution >= 0.6 is 77.7 Å². The van der Waals surface area contributed by atoms with E-state index in [1.807, 2.05) is 0 Å². The van der Waals surface area contributed by atoms with Crippen molar-refractivity contribution in [2.24, 2.45) is 11.5 Å². The lowest BCUT2D eigenvalue weighted by molar-refractivity contribution is -0.160. The van der Waals surface area contributed by atoms with Crippen LogP contribution in [0, 0.1) is 0 Å². The molecule has 4 aromatic rings. The molecule has 0 bridgehead atoms. The van der Waals surface area contributed by atoms with Crippen molar-refractivity contribution < 1.29 is 185 Å². The van der Waals surface area contributed by atoms with Gasteiger partial charge in [-0.1, -0.05) is 102 Å². The van der Waals surface area contributed by atoms with E-state index in [2.05, 4.69) is 0 Å². The number of allylic oxidation sites excluding steroid dienone is 4. The van der Waals surface area contributed by atoms with Crippen molar-refractivity contribution in [2.45, 2.75) is 233 Å². The number of rotatable bonds is 29. The minimum absolute atomic E-state index is 0.0305. The van der Waals surface area contributed by atoms with Crippen molar-refractivity contribution >= 4 is 143 Å². The van der Waals surface area contributed by atoms with Crippen LogP contribution < -0.4 is 11.5 Å². The van der Waals surface area contributed by atoms with Gasteiger partial charge >= 0.3 is 49.4 Å². The number of ketones is 4. The number of nitrogens with zero attached hydrogens (tertiary/aromatic N) is 4. The van der Waals surface area contributed by atoms with E-state index in [9.17, 15) is 71.0 Å². The summed E-state index contributed by atoms with van der Waals surface area (Å²) in [7, 11) is -16.4. The number of nitrogens with two attached hydrogens (primary N) is 2.